The van der Waals surface area contributed by atoms with Crippen molar-refractivity contribution >= 4 is 22.6 Å². The van der Waals surface area contributed by atoms with Crippen LogP contribution in [0.5, 0.6) is 0 Å². The van der Waals surface area contributed by atoms with Gasteiger partial charge in [0.15, 0.2) is 0 Å². The van der Waals surface area contributed by atoms with Crippen molar-refractivity contribution < 1.29 is 0 Å². The second kappa shape index (κ2) is 6.80. The molecule has 0 heterocycles. The van der Waals surface area contributed by atoms with E-state index in [-0.39, 0.29) is 0 Å². The van der Waals surface area contributed by atoms with E-state index >= 15 is 0 Å². The molecule has 1 heteroatoms. The molecule has 2 aromatic carbocycles. The Morgan fingerprint density at radius 1 is 0.882 bits per heavy atom. The van der Waals surface area contributed by atoms with Gasteiger partial charge in [0.1, 0.15) is 0 Å². The Balaban J connectivity index is 1.79. The summed E-state index contributed by atoms with van der Waals surface area (Å²) in [7, 11) is 0. The van der Waals surface area contributed by atoms with Gasteiger partial charge in [-0.05, 0) is 30.4 Å². The Morgan fingerprint density at radius 2 is 1.47 bits per heavy atom. The molecule has 0 spiro atoms. The third-order valence-electron chi connectivity index (χ3n) is 2.76. The van der Waals surface area contributed by atoms with Crippen molar-refractivity contribution in [1.29, 1.82) is 0 Å². The zero-order chi connectivity index (χ0) is 11.9. The van der Waals surface area contributed by atoms with Gasteiger partial charge in [-0.15, -0.1) is 0 Å². The number of hydrogen-bond donors (Lipinski definition) is 0. The first-order valence-corrected chi connectivity index (χ1v) is 7.18. The van der Waals surface area contributed by atoms with Crippen LogP contribution in [0.4, 0.5) is 0 Å². The van der Waals surface area contributed by atoms with Gasteiger partial charge in [0.25, 0.3) is 0 Å². The average molecular weight is 335 g/mol. The molecule has 0 aromatic heterocycles. The highest BCUT2D eigenvalue weighted by molar-refractivity contribution is 14.1. The van der Waals surface area contributed by atoms with Gasteiger partial charge in [-0.25, -0.2) is 0 Å². The van der Waals surface area contributed by atoms with Gasteiger partial charge in [0.05, 0.1) is 0 Å². The van der Waals surface area contributed by atoms with E-state index in [2.05, 4.69) is 89.7 Å². The van der Waals surface area contributed by atoms with Gasteiger partial charge < -0.3 is 0 Å². The maximum atomic E-state index is 2.53. The molecular formula is C16H16I. The number of benzene rings is 2. The second-order valence-electron chi connectivity index (χ2n) is 4.07. The lowest BCUT2D eigenvalue weighted by Crippen LogP contribution is -1.90. The number of halogens is 1. The van der Waals surface area contributed by atoms with Gasteiger partial charge in [-0.2, -0.15) is 0 Å². The second-order valence-corrected chi connectivity index (χ2v) is 5.57. The van der Waals surface area contributed by atoms with E-state index in [4.69, 9.17) is 0 Å². The molecule has 0 aliphatic rings. The van der Waals surface area contributed by atoms with Gasteiger partial charge >= 0.3 is 0 Å². The van der Waals surface area contributed by atoms with Crippen LogP contribution in [-0.2, 0) is 0 Å². The SMILES string of the molecule is IC(CC[CH]c1ccccc1)c1ccccc1. The summed E-state index contributed by atoms with van der Waals surface area (Å²) in [5.41, 5.74) is 2.75. The van der Waals surface area contributed by atoms with Crippen LogP contribution < -0.4 is 0 Å². The van der Waals surface area contributed by atoms with Gasteiger partial charge in [0, 0.05) is 3.92 Å². The smallest absolute Gasteiger partial charge is 0.0359 e. The third-order valence-corrected chi connectivity index (χ3v) is 4.10. The predicted molar refractivity (Wildman–Crippen MR) is 82.3 cm³/mol. The van der Waals surface area contributed by atoms with E-state index in [1.165, 1.54) is 17.5 Å². The van der Waals surface area contributed by atoms with Crippen LogP contribution in [0.1, 0.15) is 27.9 Å². The standard InChI is InChI=1S/C16H16I/c17-16(15-11-5-2-6-12-15)13-7-10-14-8-3-1-4-9-14/h1-6,8-12,16H,7,13H2. The largest absolute Gasteiger partial charge is 0.0774 e. The zero-order valence-electron chi connectivity index (χ0n) is 9.72. The molecular weight excluding hydrogens is 319 g/mol. The summed E-state index contributed by atoms with van der Waals surface area (Å²) >= 11 is 2.53. The average Bonchev–Trinajstić information content (AvgIpc) is 2.41. The molecule has 0 saturated heterocycles. The maximum absolute atomic E-state index is 2.53. The molecule has 0 amide bonds. The summed E-state index contributed by atoms with van der Waals surface area (Å²) in [6.07, 6.45) is 4.64. The Bertz CT molecular complexity index is 422. The van der Waals surface area contributed by atoms with Crippen molar-refractivity contribution in [2.75, 3.05) is 0 Å². The third kappa shape index (κ3) is 4.15. The lowest BCUT2D eigenvalue weighted by molar-refractivity contribution is 0.820. The van der Waals surface area contributed by atoms with Crippen molar-refractivity contribution in [3.05, 3.63) is 78.2 Å². The molecule has 0 aliphatic heterocycles. The van der Waals surface area contributed by atoms with Crippen LogP contribution in [0.25, 0.3) is 0 Å². The minimum absolute atomic E-state index is 0.605. The Labute approximate surface area is 117 Å². The van der Waals surface area contributed by atoms with Gasteiger partial charge in [0.2, 0.25) is 0 Å². The van der Waals surface area contributed by atoms with Gasteiger partial charge in [-0.3, -0.25) is 0 Å². The Morgan fingerprint density at radius 3 is 2.12 bits per heavy atom. The van der Waals surface area contributed by atoms with Crippen molar-refractivity contribution in [1.82, 2.24) is 0 Å². The molecule has 0 N–H and O–H groups in total. The van der Waals surface area contributed by atoms with Crippen LogP contribution in [0.15, 0.2) is 60.7 Å². The fourth-order valence-electron chi connectivity index (χ4n) is 1.81. The lowest BCUT2D eigenvalue weighted by Gasteiger charge is -2.09. The molecule has 2 aromatic rings. The molecule has 0 saturated carbocycles. The molecule has 0 aliphatic carbocycles. The van der Waals surface area contributed by atoms with E-state index in [0.717, 1.165) is 6.42 Å². The number of rotatable bonds is 5. The first-order valence-electron chi connectivity index (χ1n) is 5.93. The van der Waals surface area contributed by atoms with Crippen molar-refractivity contribution in [2.45, 2.75) is 16.8 Å². The quantitative estimate of drug-likeness (QED) is 0.521. The summed E-state index contributed by atoms with van der Waals surface area (Å²) in [6.45, 7) is 0. The summed E-state index contributed by atoms with van der Waals surface area (Å²) in [6, 6.07) is 21.3. The fraction of sp³-hybridized carbons (Fsp3) is 0.188. The molecule has 0 fully saturated rings. The van der Waals surface area contributed by atoms with Crippen molar-refractivity contribution in [3.63, 3.8) is 0 Å². The topological polar surface area (TPSA) is 0 Å². The Hall–Kier alpha value is -0.830. The molecule has 1 radical (unpaired) electrons. The van der Waals surface area contributed by atoms with Crippen LogP contribution in [0.2, 0.25) is 0 Å². The summed E-state index contributed by atoms with van der Waals surface area (Å²) < 4.78 is 0.605. The first-order chi connectivity index (χ1) is 8.36. The van der Waals surface area contributed by atoms with E-state index in [1.807, 2.05) is 0 Å². The summed E-state index contributed by atoms with van der Waals surface area (Å²) in [5.74, 6) is 0. The van der Waals surface area contributed by atoms with E-state index in [0.29, 0.717) is 3.92 Å². The highest BCUT2D eigenvalue weighted by Crippen LogP contribution is 2.28. The van der Waals surface area contributed by atoms with Crippen LogP contribution in [0.3, 0.4) is 0 Å². The minimum Gasteiger partial charge on any atom is -0.0774 e. The molecule has 0 nitrogen and oxygen atoms in total. The van der Waals surface area contributed by atoms with Crippen LogP contribution >= 0.6 is 22.6 Å². The van der Waals surface area contributed by atoms with Crippen molar-refractivity contribution in [2.24, 2.45) is 0 Å². The zero-order valence-corrected chi connectivity index (χ0v) is 11.9. The number of alkyl halides is 1. The monoisotopic (exact) mass is 335 g/mol. The van der Waals surface area contributed by atoms with E-state index < -0.39 is 0 Å². The summed E-state index contributed by atoms with van der Waals surface area (Å²) in [4.78, 5) is 0. The van der Waals surface area contributed by atoms with E-state index in [1.54, 1.807) is 0 Å². The molecule has 1 unspecified atom stereocenters. The highest BCUT2D eigenvalue weighted by Gasteiger charge is 2.06. The van der Waals surface area contributed by atoms with Crippen molar-refractivity contribution in [3.8, 4) is 0 Å². The van der Waals surface area contributed by atoms with E-state index in [9.17, 15) is 0 Å². The van der Waals surface area contributed by atoms with Crippen LogP contribution in [-0.4, -0.2) is 0 Å². The fourth-order valence-corrected chi connectivity index (χ4v) is 2.59. The highest BCUT2D eigenvalue weighted by atomic mass is 127. The molecule has 17 heavy (non-hydrogen) atoms. The normalized spacial score (nSPS) is 12.3. The predicted octanol–water partition coefficient (Wildman–Crippen LogP) is 5.20. The Kier molecular flexibility index (Phi) is 5.05. The van der Waals surface area contributed by atoms with Crippen LogP contribution in [0, 0.1) is 6.42 Å². The lowest BCUT2D eigenvalue weighted by atomic mass is 10.0. The first kappa shape index (κ1) is 12.6. The molecule has 2 rings (SSSR count). The minimum atomic E-state index is 0.605. The maximum Gasteiger partial charge on any atom is 0.0359 e. The number of hydrogen-bond acceptors (Lipinski definition) is 0. The molecule has 1 atom stereocenters. The molecule has 0 bridgehead atoms. The van der Waals surface area contributed by atoms with Gasteiger partial charge in [-0.1, -0.05) is 83.3 Å². The summed E-state index contributed by atoms with van der Waals surface area (Å²) in [5, 5.41) is 0. The molecule has 87 valence electrons.